The van der Waals surface area contributed by atoms with Gasteiger partial charge in [0.1, 0.15) is 45.1 Å². The summed E-state index contributed by atoms with van der Waals surface area (Å²) in [7, 11) is 6.63. The molecule has 0 aromatic rings. The van der Waals surface area contributed by atoms with Crippen LogP contribution in [-0.4, -0.2) is 267 Å². The molecule has 39 heteroatoms. The van der Waals surface area contributed by atoms with Crippen molar-refractivity contribution in [1.82, 2.24) is 0 Å². The summed E-state index contributed by atoms with van der Waals surface area (Å²) in [6.45, 7) is 45.6. The summed E-state index contributed by atoms with van der Waals surface area (Å²) in [6, 6.07) is 0. The molecule has 0 spiro atoms. The molecule has 1 unspecified atom stereocenters. The quantitative estimate of drug-likeness (QED) is 0.0256. The van der Waals surface area contributed by atoms with E-state index in [2.05, 4.69) is 82.7 Å². The second-order valence-electron chi connectivity index (χ2n) is 24.5. The van der Waals surface area contributed by atoms with E-state index in [-0.39, 0.29) is 125 Å². The normalized spacial score (nSPS) is 9.34. The van der Waals surface area contributed by atoms with E-state index in [4.69, 9.17) is 28.8 Å². The molecule has 1 N–H and O–H groups in total. The Balaban J connectivity index is -0.0000000971. The molecule has 0 saturated heterocycles. The number of hydrogen-bond acceptors (Lipinski definition) is 39. The fourth-order valence-corrected chi connectivity index (χ4v) is 5.46. The molecule has 0 rings (SSSR count). The molecule has 0 aliphatic heterocycles. The van der Waals surface area contributed by atoms with E-state index in [1.165, 1.54) is 63.2 Å². The van der Waals surface area contributed by atoms with Crippen molar-refractivity contribution in [3.63, 3.8) is 0 Å². The summed E-state index contributed by atoms with van der Waals surface area (Å²) in [5, 5.41) is 8.21. The Morgan fingerprint density at radius 3 is 0.951 bits per heavy atom. The molecule has 0 heterocycles. The molecule has 0 bridgehead atoms. The highest BCUT2D eigenvalue weighted by Crippen LogP contribution is 2.08. The first-order valence-electron chi connectivity index (χ1n) is 41.2. The van der Waals surface area contributed by atoms with Crippen LogP contribution in [0.15, 0.2) is 0 Å². The van der Waals surface area contributed by atoms with Gasteiger partial charge in [0.2, 0.25) is 0 Å². The number of unbranched alkanes of at least 4 members (excludes halogenated alkanes) is 1. The molecule has 123 heavy (non-hydrogen) atoms. The van der Waals surface area contributed by atoms with Crippen LogP contribution in [0.2, 0.25) is 0 Å². The smallest absolute Gasteiger partial charge is 0.469 e. The van der Waals surface area contributed by atoms with Crippen LogP contribution < -0.4 is 0 Å². The first-order chi connectivity index (χ1) is 58.0. The molecule has 0 amide bonds. The van der Waals surface area contributed by atoms with Crippen molar-refractivity contribution in [3.05, 3.63) is 0 Å². The zero-order chi connectivity index (χ0) is 97.9. The molecule has 0 radical (unpaired) electrons. The maximum atomic E-state index is 10.8. The van der Waals surface area contributed by atoms with Gasteiger partial charge in [0.05, 0.1) is 94.0 Å². The van der Waals surface area contributed by atoms with Crippen molar-refractivity contribution >= 4 is 102 Å². The topological polar surface area (TPSA) is 504 Å². The highest BCUT2D eigenvalue weighted by molar-refractivity contribution is 5.91. The lowest BCUT2D eigenvalue weighted by Gasteiger charge is -2.18. The molecule has 1 atom stereocenters. The Labute approximate surface area is 732 Å². The number of ether oxygens (including phenoxy) is 21. The van der Waals surface area contributed by atoms with Crippen LogP contribution in [0.4, 0.5) is 9.59 Å². The summed E-state index contributed by atoms with van der Waals surface area (Å²) < 4.78 is 95.9. The lowest BCUT2D eigenvalue weighted by atomic mass is 10.2. The van der Waals surface area contributed by atoms with Gasteiger partial charge in [-0.25, -0.2) is 28.8 Å². The van der Waals surface area contributed by atoms with Gasteiger partial charge in [-0.05, 0) is 125 Å². The first kappa shape index (κ1) is 142. The van der Waals surface area contributed by atoms with Crippen molar-refractivity contribution in [2.24, 2.45) is 0 Å². The minimum atomic E-state index is -0.605. The van der Waals surface area contributed by atoms with Crippen LogP contribution in [0.3, 0.4) is 0 Å². The summed E-state index contributed by atoms with van der Waals surface area (Å²) >= 11 is 0. The maximum Gasteiger partial charge on any atom is 0.508 e. The molecule has 0 aromatic carbocycles. The van der Waals surface area contributed by atoms with Crippen molar-refractivity contribution in [2.75, 3.05) is 148 Å². The van der Waals surface area contributed by atoms with Crippen molar-refractivity contribution in [1.29, 1.82) is 0 Å². The van der Waals surface area contributed by atoms with Crippen LogP contribution in [0.5, 0.6) is 0 Å². The highest BCUT2D eigenvalue weighted by atomic mass is 16.7. The van der Waals surface area contributed by atoms with Gasteiger partial charge in [-0.1, -0.05) is 96.4 Å². The average molecular weight is 1790 g/mol. The molecule has 0 aromatic heterocycles. The Hall–Kier alpha value is -9.53. The van der Waals surface area contributed by atoms with E-state index in [1.807, 2.05) is 96.9 Å². The van der Waals surface area contributed by atoms with E-state index in [9.17, 15) is 81.5 Å². The number of methoxy groups -OCH3 is 5. The minimum absolute atomic E-state index is 0.0556. The number of carbonyl (C=O) groups is 17. The van der Waals surface area contributed by atoms with Gasteiger partial charge in [-0.3, -0.25) is 52.7 Å². The molecule has 0 fully saturated rings. The van der Waals surface area contributed by atoms with Gasteiger partial charge in [0.15, 0.2) is 13.2 Å². The SMILES string of the molecule is CCC(C)OC(C)=O.CCCC(=O)OC.CCCC(=O)OCC.CCCC(=O)OCC(=O)OC.CCCC(=O)OCCO.CCCC(=O)OCCOC(C)=O.CCCCOC(C)=O.CCCOC(=O)CC(=O)OC.CCCOC(=O)COC.CCCOC(=O)COC(C)=O.CCCOC(=O)OC.CCCOC(=O)OC(C)(C)C.CCCOCC(=O)OCC. The largest absolute Gasteiger partial charge is 0.508 e. The lowest BCUT2D eigenvalue weighted by molar-refractivity contribution is -0.157. The number of hydrogen-bond donors (Lipinski definition) is 1. The van der Waals surface area contributed by atoms with E-state index < -0.39 is 47.8 Å². The fraction of sp³-hybridized carbons (Fsp3) is 0.798. The minimum Gasteiger partial charge on any atom is -0.469 e. The number of aliphatic hydroxyl groups excluding tert-OH is 1. The molecule has 0 saturated carbocycles. The first-order valence-corrected chi connectivity index (χ1v) is 41.2. The molecular formula is C84H160O39. The molecule has 0 aliphatic carbocycles. The number of aliphatic hydroxyl groups is 1. The zero-order valence-electron chi connectivity index (χ0n) is 79.7. The Kier molecular flexibility index (Phi) is 137. The second-order valence-corrected chi connectivity index (χ2v) is 24.5. The van der Waals surface area contributed by atoms with Crippen LogP contribution in [-0.2, 0) is 171 Å². The summed E-state index contributed by atoms with van der Waals surface area (Å²) in [4.78, 5) is 177. The summed E-state index contributed by atoms with van der Waals surface area (Å²) in [5.41, 5.74) is -0.454. The fourth-order valence-electron chi connectivity index (χ4n) is 5.46. The third-order valence-electron chi connectivity index (χ3n) is 11.0. The predicted octanol–water partition coefficient (Wildman–Crippen LogP) is 12.8. The monoisotopic (exact) mass is 1790 g/mol. The maximum absolute atomic E-state index is 10.8. The van der Waals surface area contributed by atoms with E-state index in [1.54, 1.807) is 27.7 Å². The third-order valence-corrected chi connectivity index (χ3v) is 11.0. The van der Waals surface area contributed by atoms with Crippen LogP contribution in [0.25, 0.3) is 0 Å². The Bertz CT molecular complexity index is 2500. The standard InChI is InChI=1S/C8H14O4.C8H16O3.3C7H12O4.C7H14O3.2C6H12O3.3C6H12O2.C5H10O3.C5H10O2/c1-3-4-8(10)12-6-5-11-7(2)9;1-5-6-10-7(9)11-8(2,3)4;1-3-4-11-7(9)5-6(8)10-2;1-3-4-6(8)11-5-7(9)10-2;1-3-4-10-7(9)5-11-6(2)8;1-3-5-9-6-7(8)10-4-2;1-3-4-9-6(7)5-8-2;1-2-3-6(8)9-5-4-7;1-4-5(2)8-6(3)7;1-3-4-5-8-6(2)7;1-3-5-6(7)8-4-2;1-3-4-8-5(6)7-2;1-3-4-5(6)7-2/h3-6H2,1-2H3;5-6H2,1-4H3;3*3-5H2,1-2H3;3-6H2,1-2H3;3-5H2,1-2H3;7H,2-5H2,1H3;5H,4H2,1-3H3;2*3-5H2,1-2H3;3-4H2,1-2H3;3-4H2,1-2H3. The average Bonchev–Trinajstić information content (AvgIpc) is 0.950. The van der Waals surface area contributed by atoms with Gasteiger partial charge < -0.3 is 105 Å². The van der Waals surface area contributed by atoms with Gasteiger partial charge in [0, 0.05) is 73.5 Å². The Morgan fingerprint density at radius 1 is 0.285 bits per heavy atom. The van der Waals surface area contributed by atoms with Crippen LogP contribution >= 0.6 is 0 Å². The highest BCUT2D eigenvalue weighted by Gasteiger charge is 2.17. The zero-order valence-corrected chi connectivity index (χ0v) is 79.7. The van der Waals surface area contributed by atoms with Gasteiger partial charge in [-0.2, -0.15) is 0 Å². The molecule has 730 valence electrons. The summed E-state index contributed by atoms with van der Waals surface area (Å²) in [6.07, 6.45) is 12.8. The number of rotatable bonds is 44. The lowest BCUT2D eigenvalue weighted by Crippen LogP contribution is -2.24. The van der Waals surface area contributed by atoms with Crippen molar-refractivity contribution in [3.8, 4) is 0 Å². The molecule has 0 aliphatic rings. The summed E-state index contributed by atoms with van der Waals surface area (Å²) in [5.74, 6) is -4.96. The number of carbonyl (C=O) groups excluding carboxylic acids is 17. The van der Waals surface area contributed by atoms with E-state index >= 15 is 0 Å². The van der Waals surface area contributed by atoms with Gasteiger partial charge >= 0.3 is 102 Å². The second kappa shape index (κ2) is 119. The Morgan fingerprint density at radius 2 is 0.618 bits per heavy atom. The number of esters is 15. The van der Waals surface area contributed by atoms with Crippen LogP contribution in [0, 0.1) is 0 Å². The van der Waals surface area contributed by atoms with Crippen molar-refractivity contribution in [2.45, 2.75) is 299 Å². The van der Waals surface area contributed by atoms with E-state index in [0.717, 1.165) is 89.9 Å². The van der Waals surface area contributed by atoms with Crippen molar-refractivity contribution < 1.29 is 186 Å². The van der Waals surface area contributed by atoms with E-state index in [0.29, 0.717) is 91.6 Å². The van der Waals surface area contributed by atoms with Gasteiger partial charge in [-0.15, -0.1) is 0 Å². The predicted molar refractivity (Wildman–Crippen MR) is 453 cm³/mol. The molecule has 39 nitrogen and oxygen atoms in total. The van der Waals surface area contributed by atoms with Crippen LogP contribution in [0.1, 0.15) is 288 Å². The van der Waals surface area contributed by atoms with Gasteiger partial charge in [0.25, 0.3) is 0 Å². The molecular weight excluding hydrogens is 1630 g/mol. The third kappa shape index (κ3) is 175.